The average molecular weight is 331 g/mol. The van der Waals surface area contributed by atoms with Crippen molar-refractivity contribution >= 4 is 5.91 Å². The smallest absolute Gasteiger partial charge is 0.244 e. The van der Waals surface area contributed by atoms with Crippen LogP contribution in [-0.4, -0.2) is 62.3 Å². The number of amides is 1. The molecule has 6 nitrogen and oxygen atoms in total. The third kappa shape index (κ3) is 3.01. The van der Waals surface area contributed by atoms with Crippen molar-refractivity contribution in [2.75, 3.05) is 45.9 Å². The number of benzene rings is 1. The molecule has 1 spiro atoms. The Balaban J connectivity index is 1.46. The second-order valence-corrected chi connectivity index (χ2v) is 6.81. The standard InChI is InChI=1S/C18H25N3O3/c22-17(16-14-3-1-2-4-15(14)23-11-8-20-16)21-9-5-18(6-10-21)13-19-7-12-24-18/h1-4,16,19-20H,5-13H2. The zero-order valence-electron chi connectivity index (χ0n) is 13.9. The molecule has 1 atom stereocenters. The van der Waals surface area contributed by atoms with Crippen molar-refractivity contribution < 1.29 is 14.3 Å². The molecule has 6 heteroatoms. The quantitative estimate of drug-likeness (QED) is 0.793. The number of nitrogens with one attached hydrogen (secondary N) is 2. The lowest BCUT2D eigenvalue weighted by Gasteiger charge is -2.44. The van der Waals surface area contributed by atoms with Crippen LogP contribution in [0.5, 0.6) is 5.75 Å². The molecule has 130 valence electrons. The van der Waals surface area contributed by atoms with E-state index in [1.807, 2.05) is 29.2 Å². The number of piperidine rings is 1. The van der Waals surface area contributed by atoms with Crippen LogP contribution < -0.4 is 15.4 Å². The predicted octanol–water partition coefficient (Wildman–Crippen LogP) is 0.691. The summed E-state index contributed by atoms with van der Waals surface area (Å²) in [5, 5.41) is 6.76. The molecule has 3 aliphatic heterocycles. The van der Waals surface area contributed by atoms with E-state index < -0.39 is 0 Å². The Morgan fingerprint density at radius 3 is 2.79 bits per heavy atom. The summed E-state index contributed by atoms with van der Waals surface area (Å²) in [6.45, 7) is 5.35. The lowest BCUT2D eigenvalue weighted by molar-refractivity contribution is -0.142. The van der Waals surface area contributed by atoms with Crippen LogP contribution in [0.4, 0.5) is 0 Å². The highest BCUT2D eigenvalue weighted by Gasteiger charge is 2.40. The molecule has 3 aliphatic rings. The molecule has 2 N–H and O–H groups in total. The third-order valence-corrected chi connectivity index (χ3v) is 5.31. The van der Waals surface area contributed by atoms with Crippen LogP contribution >= 0.6 is 0 Å². The number of carbonyl (C=O) groups is 1. The molecule has 1 aromatic carbocycles. The lowest BCUT2D eigenvalue weighted by Crippen LogP contribution is -2.57. The molecule has 1 unspecified atom stereocenters. The van der Waals surface area contributed by atoms with Crippen molar-refractivity contribution in [3.8, 4) is 5.75 Å². The van der Waals surface area contributed by atoms with Crippen LogP contribution in [0.3, 0.4) is 0 Å². The number of nitrogens with zero attached hydrogens (tertiary/aromatic N) is 1. The van der Waals surface area contributed by atoms with Gasteiger partial charge in [-0.15, -0.1) is 0 Å². The molecule has 0 saturated carbocycles. The number of likely N-dealkylation sites (tertiary alicyclic amines) is 1. The van der Waals surface area contributed by atoms with Crippen LogP contribution in [0.2, 0.25) is 0 Å². The van der Waals surface area contributed by atoms with Crippen LogP contribution in [-0.2, 0) is 9.53 Å². The van der Waals surface area contributed by atoms with Gasteiger partial charge in [0.1, 0.15) is 18.4 Å². The van der Waals surface area contributed by atoms with Gasteiger partial charge in [-0.05, 0) is 18.9 Å². The number of hydrogen-bond acceptors (Lipinski definition) is 5. The fourth-order valence-electron chi connectivity index (χ4n) is 3.89. The highest BCUT2D eigenvalue weighted by molar-refractivity contribution is 5.84. The molecule has 1 amide bonds. The maximum Gasteiger partial charge on any atom is 0.244 e. The van der Waals surface area contributed by atoms with Crippen molar-refractivity contribution in [1.29, 1.82) is 0 Å². The summed E-state index contributed by atoms with van der Waals surface area (Å²) < 4.78 is 11.8. The van der Waals surface area contributed by atoms with Gasteiger partial charge in [0, 0.05) is 38.3 Å². The summed E-state index contributed by atoms with van der Waals surface area (Å²) in [5.74, 6) is 0.959. The summed E-state index contributed by atoms with van der Waals surface area (Å²) >= 11 is 0. The van der Waals surface area contributed by atoms with Gasteiger partial charge in [-0.25, -0.2) is 0 Å². The van der Waals surface area contributed by atoms with Crippen LogP contribution in [0, 0.1) is 0 Å². The number of para-hydroxylation sites is 1. The maximum atomic E-state index is 13.1. The minimum atomic E-state index is -0.317. The minimum absolute atomic E-state index is 0.0765. The van der Waals surface area contributed by atoms with E-state index >= 15 is 0 Å². The molecular formula is C18H25N3O3. The normalized spacial score (nSPS) is 26.3. The molecular weight excluding hydrogens is 306 g/mol. The number of ether oxygens (including phenoxy) is 2. The second kappa shape index (κ2) is 6.70. The van der Waals surface area contributed by atoms with E-state index in [0.29, 0.717) is 13.2 Å². The Kier molecular flexibility index (Phi) is 4.43. The largest absolute Gasteiger partial charge is 0.492 e. The fraction of sp³-hybridized carbons (Fsp3) is 0.611. The van der Waals surface area contributed by atoms with Gasteiger partial charge in [0.25, 0.3) is 0 Å². The molecule has 1 aromatic rings. The van der Waals surface area contributed by atoms with Crippen LogP contribution in [0.15, 0.2) is 24.3 Å². The maximum absolute atomic E-state index is 13.1. The fourth-order valence-corrected chi connectivity index (χ4v) is 3.89. The zero-order chi connectivity index (χ0) is 16.4. The molecule has 3 heterocycles. The van der Waals surface area contributed by atoms with E-state index in [1.165, 1.54) is 0 Å². The van der Waals surface area contributed by atoms with Gasteiger partial charge in [0.2, 0.25) is 5.91 Å². The van der Waals surface area contributed by atoms with Gasteiger partial charge in [-0.1, -0.05) is 18.2 Å². The molecule has 4 rings (SSSR count). The SMILES string of the molecule is O=C(C1NCCOc2ccccc21)N1CCC2(CC1)CNCCO2. The van der Waals surface area contributed by atoms with E-state index in [9.17, 15) is 4.79 Å². The van der Waals surface area contributed by atoms with Crippen molar-refractivity contribution in [1.82, 2.24) is 15.5 Å². The highest BCUT2D eigenvalue weighted by Crippen LogP contribution is 2.32. The van der Waals surface area contributed by atoms with Crippen molar-refractivity contribution in [2.45, 2.75) is 24.5 Å². The van der Waals surface area contributed by atoms with Gasteiger partial charge in [0.05, 0.1) is 12.2 Å². The van der Waals surface area contributed by atoms with Crippen molar-refractivity contribution in [2.24, 2.45) is 0 Å². The first kappa shape index (κ1) is 15.9. The topological polar surface area (TPSA) is 62.8 Å². The lowest BCUT2D eigenvalue weighted by atomic mass is 9.89. The Hall–Kier alpha value is -1.63. The number of rotatable bonds is 1. The van der Waals surface area contributed by atoms with Crippen LogP contribution in [0.1, 0.15) is 24.4 Å². The van der Waals surface area contributed by atoms with E-state index in [4.69, 9.17) is 9.47 Å². The predicted molar refractivity (Wildman–Crippen MR) is 90.0 cm³/mol. The van der Waals surface area contributed by atoms with Crippen LogP contribution in [0.25, 0.3) is 0 Å². The first-order chi connectivity index (χ1) is 11.8. The molecule has 0 bridgehead atoms. The van der Waals surface area contributed by atoms with E-state index in [-0.39, 0.29) is 17.6 Å². The molecule has 0 radical (unpaired) electrons. The van der Waals surface area contributed by atoms with Crippen molar-refractivity contribution in [3.05, 3.63) is 29.8 Å². The molecule has 0 aromatic heterocycles. The van der Waals surface area contributed by atoms with Gasteiger partial charge in [-0.3, -0.25) is 10.1 Å². The summed E-state index contributed by atoms with van der Waals surface area (Å²) in [4.78, 5) is 15.1. The highest BCUT2D eigenvalue weighted by atomic mass is 16.5. The summed E-state index contributed by atoms with van der Waals surface area (Å²) in [6.07, 6.45) is 1.80. The zero-order valence-corrected chi connectivity index (χ0v) is 13.9. The third-order valence-electron chi connectivity index (χ3n) is 5.31. The Morgan fingerprint density at radius 2 is 2.00 bits per heavy atom. The first-order valence-electron chi connectivity index (χ1n) is 8.86. The molecule has 0 aliphatic carbocycles. The summed E-state index contributed by atoms with van der Waals surface area (Å²) in [6, 6.07) is 7.51. The minimum Gasteiger partial charge on any atom is -0.492 e. The van der Waals surface area contributed by atoms with Gasteiger partial charge in [-0.2, -0.15) is 0 Å². The number of carbonyl (C=O) groups excluding carboxylic acids is 1. The Bertz CT molecular complexity index is 591. The Labute approximate surface area is 142 Å². The second-order valence-electron chi connectivity index (χ2n) is 6.81. The Morgan fingerprint density at radius 1 is 1.17 bits per heavy atom. The van der Waals surface area contributed by atoms with Gasteiger partial charge < -0.3 is 19.7 Å². The van der Waals surface area contributed by atoms with E-state index in [2.05, 4.69) is 10.6 Å². The molecule has 2 saturated heterocycles. The van der Waals surface area contributed by atoms with Gasteiger partial charge >= 0.3 is 0 Å². The average Bonchev–Trinajstić information content (AvgIpc) is 2.85. The van der Waals surface area contributed by atoms with E-state index in [1.54, 1.807) is 0 Å². The number of hydrogen-bond donors (Lipinski definition) is 2. The number of fused-ring (bicyclic) bond motifs is 1. The first-order valence-corrected chi connectivity index (χ1v) is 8.86. The molecule has 2 fully saturated rings. The van der Waals surface area contributed by atoms with E-state index in [0.717, 1.165) is 56.9 Å². The molecule has 24 heavy (non-hydrogen) atoms. The van der Waals surface area contributed by atoms with Crippen molar-refractivity contribution in [3.63, 3.8) is 0 Å². The summed E-state index contributed by atoms with van der Waals surface area (Å²) in [5.41, 5.74) is 0.864. The van der Waals surface area contributed by atoms with Gasteiger partial charge in [0.15, 0.2) is 0 Å². The summed E-state index contributed by atoms with van der Waals surface area (Å²) in [7, 11) is 0. The number of morpholine rings is 1. The monoisotopic (exact) mass is 331 g/mol.